The molecule has 2 rings (SSSR count). The molecule has 1 aromatic carbocycles. The number of ether oxygens (including phenoxy) is 1. The van der Waals surface area contributed by atoms with Crippen molar-refractivity contribution < 1.29 is 4.74 Å². The number of nitrogens with one attached hydrogen (secondary N) is 1. The number of nitrogens with zero attached hydrogens (tertiary/aromatic N) is 2. The Labute approximate surface area is 148 Å². The largest absolute Gasteiger partial charge is 0.492 e. The Bertz CT molecular complexity index is 449. The van der Waals surface area contributed by atoms with Gasteiger partial charge in [-0.15, -0.1) is 24.0 Å². The molecular weight excluding hydrogens is 401 g/mol. The first-order chi connectivity index (χ1) is 9.69. The van der Waals surface area contributed by atoms with Gasteiger partial charge in [0.05, 0.1) is 6.54 Å². The summed E-state index contributed by atoms with van der Waals surface area (Å²) in [5.74, 6) is 2.60. The van der Waals surface area contributed by atoms with Crippen molar-refractivity contribution in [1.29, 1.82) is 0 Å². The first-order valence-electron chi connectivity index (χ1n) is 6.99. The lowest BCUT2D eigenvalue weighted by molar-refractivity contribution is 0.281. The van der Waals surface area contributed by atoms with Crippen LogP contribution in [-0.4, -0.2) is 44.7 Å². The Balaban J connectivity index is 0.00000220. The summed E-state index contributed by atoms with van der Waals surface area (Å²) in [5.41, 5.74) is 0. The molecule has 0 heterocycles. The minimum Gasteiger partial charge on any atom is -0.492 e. The lowest BCUT2D eigenvalue weighted by atomic mass is 10.3. The van der Waals surface area contributed by atoms with Crippen molar-refractivity contribution >= 4 is 41.5 Å². The van der Waals surface area contributed by atoms with Gasteiger partial charge in [0.1, 0.15) is 12.4 Å². The van der Waals surface area contributed by atoms with Gasteiger partial charge >= 0.3 is 0 Å². The van der Waals surface area contributed by atoms with Gasteiger partial charge < -0.3 is 15.0 Å². The highest BCUT2D eigenvalue weighted by Crippen LogP contribution is 2.27. The lowest BCUT2D eigenvalue weighted by Gasteiger charge is -2.22. The van der Waals surface area contributed by atoms with Gasteiger partial charge in [-0.3, -0.25) is 4.99 Å². The fourth-order valence-electron chi connectivity index (χ4n) is 1.88. The highest BCUT2D eigenvalue weighted by molar-refractivity contribution is 14.0. The van der Waals surface area contributed by atoms with Gasteiger partial charge in [0.25, 0.3) is 0 Å². The van der Waals surface area contributed by atoms with Crippen LogP contribution in [0.3, 0.4) is 0 Å². The molecule has 0 radical (unpaired) electrons. The van der Waals surface area contributed by atoms with Gasteiger partial charge in [0.15, 0.2) is 5.96 Å². The zero-order valence-corrected chi connectivity index (χ0v) is 15.6. The van der Waals surface area contributed by atoms with Gasteiger partial charge in [-0.25, -0.2) is 0 Å². The monoisotopic (exact) mass is 423 g/mol. The minimum absolute atomic E-state index is 0. The molecule has 4 nitrogen and oxygen atoms in total. The van der Waals surface area contributed by atoms with Crippen molar-refractivity contribution in [3.8, 4) is 5.75 Å². The summed E-state index contributed by atoms with van der Waals surface area (Å²) < 4.78 is 5.68. The number of hydrogen-bond acceptors (Lipinski definition) is 2. The Kier molecular flexibility index (Phi) is 8.18. The van der Waals surface area contributed by atoms with E-state index >= 15 is 0 Å². The van der Waals surface area contributed by atoms with Crippen molar-refractivity contribution in [3.63, 3.8) is 0 Å². The maximum atomic E-state index is 5.83. The molecule has 0 saturated heterocycles. The third-order valence-corrected chi connectivity index (χ3v) is 3.58. The van der Waals surface area contributed by atoms with Crippen molar-refractivity contribution in [2.75, 3.05) is 33.8 Å². The van der Waals surface area contributed by atoms with Gasteiger partial charge in [-0.05, 0) is 43.0 Å². The standard InChI is InChI=1S/C15H22ClN3O.HI/c1-17-15(18-11-12-3-4-12)19(2)9-10-20-14-7-5-13(16)6-8-14;/h5-8,12H,3-4,9-11H2,1-2H3,(H,17,18);1H. The van der Waals surface area contributed by atoms with Crippen LogP contribution < -0.4 is 10.1 Å². The number of rotatable bonds is 6. The van der Waals surface area contributed by atoms with Crippen LogP contribution in [0.25, 0.3) is 0 Å². The average Bonchev–Trinajstić information content (AvgIpc) is 3.26. The summed E-state index contributed by atoms with van der Waals surface area (Å²) in [6.07, 6.45) is 2.68. The van der Waals surface area contributed by atoms with E-state index in [2.05, 4.69) is 15.2 Å². The summed E-state index contributed by atoms with van der Waals surface area (Å²) in [6, 6.07) is 7.42. The second-order valence-electron chi connectivity index (χ2n) is 5.10. The van der Waals surface area contributed by atoms with Crippen LogP contribution in [0.1, 0.15) is 12.8 Å². The van der Waals surface area contributed by atoms with Gasteiger partial charge in [0, 0.05) is 25.7 Å². The lowest BCUT2D eigenvalue weighted by Crippen LogP contribution is -2.41. The highest BCUT2D eigenvalue weighted by atomic mass is 127. The SMILES string of the molecule is CN=C(NCC1CC1)N(C)CCOc1ccc(Cl)cc1.I. The van der Waals surface area contributed by atoms with Gasteiger partial charge in [-0.1, -0.05) is 11.6 Å². The van der Waals surface area contributed by atoms with Gasteiger partial charge in [-0.2, -0.15) is 0 Å². The van der Waals surface area contributed by atoms with E-state index < -0.39 is 0 Å². The van der Waals surface area contributed by atoms with E-state index in [-0.39, 0.29) is 24.0 Å². The van der Waals surface area contributed by atoms with Crippen molar-refractivity contribution in [2.24, 2.45) is 10.9 Å². The Hall–Kier alpha value is -0.690. The van der Waals surface area contributed by atoms with E-state index in [4.69, 9.17) is 16.3 Å². The maximum absolute atomic E-state index is 5.83. The molecule has 1 N–H and O–H groups in total. The molecule has 21 heavy (non-hydrogen) atoms. The third kappa shape index (κ3) is 6.74. The second-order valence-corrected chi connectivity index (χ2v) is 5.53. The number of likely N-dealkylation sites (N-methyl/N-ethyl adjacent to an activating group) is 1. The molecule has 1 aromatic rings. The molecule has 0 aromatic heterocycles. The molecule has 118 valence electrons. The second kappa shape index (κ2) is 9.35. The van der Waals surface area contributed by atoms with E-state index in [0.29, 0.717) is 6.61 Å². The Morgan fingerprint density at radius 1 is 1.38 bits per heavy atom. The first-order valence-corrected chi connectivity index (χ1v) is 7.37. The summed E-state index contributed by atoms with van der Waals surface area (Å²) in [5, 5.41) is 4.11. The average molecular weight is 424 g/mol. The molecule has 6 heteroatoms. The van der Waals surface area contributed by atoms with Crippen LogP contribution >= 0.6 is 35.6 Å². The van der Waals surface area contributed by atoms with Crippen molar-refractivity contribution in [1.82, 2.24) is 10.2 Å². The maximum Gasteiger partial charge on any atom is 0.193 e. The molecule has 0 unspecified atom stereocenters. The summed E-state index contributed by atoms with van der Waals surface area (Å²) in [4.78, 5) is 6.37. The van der Waals surface area contributed by atoms with Crippen molar-refractivity contribution in [2.45, 2.75) is 12.8 Å². The summed E-state index contributed by atoms with van der Waals surface area (Å²) >= 11 is 5.83. The topological polar surface area (TPSA) is 36.9 Å². The number of aliphatic imine (C=N–C) groups is 1. The van der Waals surface area contributed by atoms with E-state index in [9.17, 15) is 0 Å². The van der Waals surface area contributed by atoms with Crippen LogP contribution in [-0.2, 0) is 0 Å². The predicted octanol–water partition coefficient (Wildman–Crippen LogP) is 3.25. The Morgan fingerprint density at radius 2 is 2.05 bits per heavy atom. The van der Waals surface area contributed by atoms with Crippen molar-refractivity contribution in [3.05, 3.63) is 29.3 Å². The fourth-order valence-corrected chi connectivity index (χ4v) is 2.01. The zero-order valence-electron chi connectivity index (χ0n) is 12.5. The fraction of sp³-hybridized carbons (Fsp3) is 0.533. The van der Waals surface area contributed by atoms with Crippen LogP contribution in [0.4, 0.5) is 0 Å². The molecule has 0 aliphatic heterocycles. The van der Waals surface area contributed by atoms with Crippen LogP contribution in [0, 0.1) is 5.92 Å². The molecule has 1 aliphatic rings. The number of guanidine groups is 1. The highest BCUT2D eigenvalue weighted by Gasteiger charge is 2.21. The molecule has 0 atom stereocenters. The van der Waals surface area contributed by atoms with E-state index in [1.807, 2.05) is 38.4 Å². The predicted molar refractivity (Wildman–Crippen MR) is 99.1 cm³/mol. The van der Waals surface area contributed by atoms with E-state index in [1.54, 1.807) is 0 Å². The smallest absolute Gasteiger partial charge is 0.193 e. The minimum atomic E-state index is 0. The number of hydrogen-bond donors (Lipinski definition) is 1. The molecule has 1 saturated carbocycles. The summed E-state index contributed by atoms with van der Waals surface area (Å²) in [6.45, 7) is 2.42. The quantitative estimate of drug-likeness (QED) is 0.433. The van der Waals surface area contributed by atoms with Gasteiger partial charge in [0.2, 0.25) is 0 Å². The Morgan fingerprint density at radius 3 is 2.62 bits per heavy atom. The third-order valence-electron chi connectivity index (χ3n) is 3.33. The number of halogens is 2. The number of benzene rings is 1. The van der Waals surface area contributed by atoms with E-state index in [0.717, 1.165) is 35.7 Å². The van der Waals surface area contributed by atoms with Crippen LogP contribution in [0.15, 0.2) is 29.3 Å². The van der Waals surface area contributed by atoms with E-state index in [1.165, 1.54) is 12.8 Å². The molecule has 1 fully saturated rings. The summed E-state index contributed by atoms with van der Waals surface area (Å²) in [7, 11) is 3.83. The molecule has 0 bridgehead atoms. The van der Waals surface area contributed by atoms with Crippen LogP contribution in [0.2, 0.25) is 5.02 Å². The van der Waals surface area contributed by atoms with Crippen LogP contribution in [0.5, 0.6) is 5.75 Å². The first kappa shape index (κ1) is 18.4. The molecular formula is C15H23ClIN3O. The molecule has 0 amide bonds. The molecule has 0 spiro atoms. The zero-order chi connectivity index (χ0) is 14.4. The normalized spacial score (nSPS) is 14.3. The molecule has 1 aliphatic carbocycles.